The predicted molar refractivity (Wildman–Crippen MR) is 84.3 cm³/mol. The number of benzene rings is 1. The Morgan fingerprint density at radius 1 is 1.24 bits per heavy atom. The Bertz CT molecular complexity index is 544. The highest BCUT2D eigenvalue weighted by Crippen LogP contribution is 2.25. The molecule has 0 bridgehead atoms. The lowest BCUT2D eigenvalue weighted by Gasteiger charge is -2.23. The number of aliphatic carboxylic acids is 1. The minimum absolute atomic E-state index is 0.208. The summed E-state index contributed by atoms with van der Waals surface area (Å²) in [5, 5.41) is 12.3. The average Bonchev–Trinajstić information content (AvgIpc) is 2.63. The maximum absolute atomic E-state index is 12.4. The van der Waals surface area contributed by atoms with Crippen LogP contribution in [0.25, 0.3) is 0 Å². The number of hydrogen-bond acceptors (Lipinski definition) is 2. The highest BCUT2D eigenvalue weighted by Gasteiger charge is 2.31. The van der Waals surface area contributed by atoms with Gasteiger partial charge < -0.3 is 10.4 Å². The number of nitrogens with one attached hydrogen (secondary N) is 1. The topological polar surface area (TPSA) is 66.4 Å². The molecule has 1 aliphatic carbocycles. The molecular weight excluding hydrogens is 334 g/mol. The summed E-state index contributed by atoms with van der Waals surface area (Å²) in [5.74, 6) is -1.51. The summed E-state index contributed by atoms with van der Waals surface area (Å²) in [7, 11) is 0. The average molecular weight is 354 g/mol. The van der Waals surface area contributed by atoms with Gasteiger partial charge in [-0.15, -0.1) is 0 Å². The number of amides is 1. The third kappa shape index (κ3) is 4.06. The summed E-state index contributed by atoms with van der Waals surface area (Å²) in [4.78, 5) is 23.8. The molecule has 0 saturated heterocycles. The minimum Gasteiger partial charge on any atom is -0.481 e. The number of halogens is 1. The Labute approximate surface area is 133 Å². The van der Waals surface area contributed by atoms with Crippen molar-refractivity contribution in [2.24, 2.45) is 5.92 Å². The van der Waals surface area contributed by atoms with Crippen LogP contribution in [-0.2, 0) is 4.79 Å². The minimum atomic E-state index is -0.815. The Kier molecular flexibility index (Phi) is 5.39. The van der Waals surface area contributed by atoms with Crippen LogP contribution in [0, 0.1) is 12.8 Å². The Balaban J connectivity index is 2.14. The second-order valence-electron chi connectivity index (χ2n) is 5.65. The van der Waals surface area contributed by atoms with Crippen LogP contribution in [0.4, 0.5) is 0 Å². The maximum atomic E-state index is 12.4. The molecule has 114 valence electrons. The van der Waals surface area contributed by atoms with Crippen LogP contribution in [0.15, 0.2) is 22.7 Å². The van der Waals surface area contributed by atoms with Gasteiger partial charge in [-0.25, -0.2) is 0 Å². The molecule has 1 aromatic carbocycles. The van der Waals surface area contributed by atoms with Gasteiger partial charge in [0.1, 0.15) is 0 Å². The molecule has 21 heavy (non-hydrogen) atoms. The van der Waals surface area contributed by atoms with Crippen molar-refractivity contribution in [3.63, 3.8) is 0 Å². The number of hydrogen-bond donors (Lipinski definition) is 2. The molecule has 5 heteroatoms. The summed E-state index contributed by atoms with van der Waals surface area (Å²) in [6.07, 6.45) is 4.27. The first-order chi connectivity index (χ1) is 9.99. The van der Waals surface area contributed by atoms with Crippen molar-refractivity contribution >= 4 is 27.8 Å². The van der Waals surface area contributed by atoms with E-state index < -0.39 is 11.9 Å². The van der Waals surface area contributed by atoms with Gasteiger partial charge >= 0.3 is 5.97 Å². The molecule has 1 aliphatic rings. The van der Waals surface area contributed by atoms with Crippen molar-refractivity contribution in [3.8, 4) is 0 Å². The Morgan fingerprint density at radius 2 is 1.95 bits per heavy atom. The summed E-state index contributed by atoms with van der Waals surface area (Å²) in [6, 6.07) is 5.24. The summed E-state index contributed by atoms with van der Waals surface area (Å²) in [5.41, 5.74) is 1.62. The molecule has 1 fully saturated rings. The zero-order chi connectivity index (χ0) is 15.4. The number of carbonyl (C=O) groups is 2. The van der Waals surface area contributed by atoms with Crippen molar-refractivity contribution < 1.29 is 14.7 Å². The first kappa shape index (κ1) is 16.0. The van der Waals surface area contributed by atoms with Crippen LogP contribution in [0.2, 0.25) is 0 Å². The monoisotopic (exact) mass is 353 g/mol. The molecule has 1 saturated carbocycles. The highest BCUT2D eigenvalue weighted by molar-refractivity contribution is 9.10. The van der Waals surface area contributed by atoms with Crippen molar-refractivity contribution in [2.45, 2.75) is 45.1 Å². The van der Waals surface area contributed by atoms with E-state index in [0.29, 0.717) is 12.0 Å². The largest absolute Gasteiger partial charge is 0.481 e. The van der Waals surface area contributed by atoms with E-state index in [4.69, 9.17) is 0 Å². The number of carboxylic acids is 1. The molecule has 0 aliphatic heterocycles. The molecule has 1 amide bonds. The van der Waals surface area contributed by atoms with Crippen LogP contribution in [-0.4, -0.2) is 23.0 Å². The van der Waals surface area contributed by atoms with Gasteiger partial charge in [0.2, 0.25) is 0 Å². The van der Waals surface area contributed by atoms with Gasteiger partial charge in [0.25, 0.3) is 5.91 Å². The summed E-state index contributed by atoms with van der Waals surface area (Å²) >= 11 is 3.39. The number of carboxylic acid groups (broad SMARTS) is 1. The molecule has 1 aromatic rings. The lowest BCUT2D eigenvalue weighted by molar-refractivity contribution is -0.142. The van der Waals surface area contributed by atoms with Gasteiger partial charge in [0.15, 0.2) is 0 Å². The van der Waals surface area contributed by atoms with E-state index in [1.807, 2.05) is 19.1 Å². The fourth-order valence-electron chi connectivity index (χ4n) is 2.83. The number of carbonyl (C=O) groups excluding carboxylic acids is 1. The van der Waals surface area contributed by atoms with Gasteiger partial charge in [-0.2, -0.15) is 0 Å². The first-order valence-electron chi connectivity index (χ1n) is 7.29. The lowest BCUT2D eigenvalue weighted by atomic mass is 9.94. The molecule has 0 aromatic heterocycles. The first-order valence-corrected chi connectivity index (χ1v) is 8.08. The lowest BCUT2D eigenvalue weighted by Crippen LogP contribution is -2.42. The smallest absolute Gasteiger partial charge is 0.308 e. The maximum Gasteiger partial charge on any atom is 0.308 e. The molecular formula is C16H20BrNO3. The third-order valence-electron chi connectivity index (χ3n) is 4.02. The number of rotatable bonds is 3. The number of aryl methyl sites for hydroxylation is 1. The molecule has 2 unspecified atom stereocenters. The highest BCUT2D eigenvalue weighted by atomic mass is 79.9. The van der Waals surface area contributed by atoms with E-state index in [1.54, 1.807) is 6.07 Å². The Morgan fingerprint density at radius 3 is 2.62 bits per heavy atom. The van der Waals surface area contributed by atoms with Crippen molar-refractivity contribution in [1.82, 2.24) is 5.32 Å². The Hall–Kier alpha value is -1.36. The molecule has 2 rings (SSSR count). The van der Waals surface area contributed by atoms with Crippen LogP contribution in [0.5, 0.6) is 0 Å². The van der Waals surface area contributed by atoms with Crippen molar-refractivity contribution in [1.29, 1.82) is 0 Å². The van der Waals surface area contributed by atoms with Crippen molar-refractivity contribution in [2.75, 3.05) is 0 Å². The molecule has 0 radical (unpaired) electrons. The zero-order valence-electron chi connectivity index (χ0n) is 12.1. The summed E-state index contributed by atoms with van der Waals surface area (Å²) < 4.78 is 0.737. The molecule has 2 N–H and O–H groups in total. The fourth-order valence-corrected chi connectivity index (χ4v) is 3.50. The van der Waals surface area contributed by atoms with Crippen LogP contribution in [0.1, 0.15) is 48.0 Å². The normalized spacial score (nSPS) is 22.4. The van der Waals surface area contributed by atoms with E-state index in [9.17, 15) is 14.7 Å². The second-order valence-corrected chi connectivity index (χ2v) is 6.50. The molecule has 2 atom stereocenters. The fraction of sp³-hybridized carbons (Fsp3) is 0.500. The SMILES string of the molecule is Cc1ccc(C(=O)NC2CCCCCC2C(=O)O)c(Br)c1. The summed E-state index contributed by atoms with van der Waals surface area (Å²) in [6.45, 7) is 1.96. The van der Waals surface area contributed by atoms with Crippen LogP contribution in [0.3, 0.4) is 0 Å². The molecule has 0 heterocycles. The van der Waals surface area contributed by atoms with Gasteiger partial charge in [-0.3, -0.25) is 9.59 Å². The van der Waals surface area contributed by atoms with Crippen LogP contribution >= 0.6 is 15.9 Å². The predicted octanol–water partition coefficient (Wildman–Crippen LogP) is 3.52. The zero-order valence-corrected chi connectivity index (χ0v) is 13.6. The van der Waals surface area contributed by atoms with E-state index in [2.05, 4.69) is 21.2 Å². The standard InChI is InChI=1S/C16H20BrNO3/c1-10-7-8-11(13(17)9-10)15(19)18-14-6-4-2-3-5-12(14)16(20)21/h7-9,12,14H,2-6H2,1H3,(H,18,19)(H,20,21). The molecule has 4 nitrogen and oxygen atoms in total. The van der Waals surface area contributed by atoms with Crippen molar-refractivity contribution in [3.05, 3.63) is 33.8 Å². The third-order valence-corrected chi connectivity index (χ3v) is 4.67. The second kappa shape index (κ2) is 7.07. The van der Waals surface area contributed by atoms with Crippen LogP contribution < -0.4 is 5.32 Å². The van der Waals surface area contributed by atoms with E-state index in [0.717, 1.165) is 35.7 Å². The van der Waals surface area contributed by atoms with Gasteiger partial charge in [-0.1, -0.05) is 25.3 Å². The van der Waals surface area contributed by atoms with Gasteiger partial charge in [0, 0.05) is 10.5 Å². The van der Waals surface area contributed by atoms with Gasteiger partial charge in [-0.05, 0) is 53.4 Å². The van der Waals surface area contributed by atoms with E-state index >= 15 is 0 Å². The van der Waals surface area contributed by atoms with E-state index in [-0.39, 0.29) is 11.9 Å². The van der Waals surface area contributed by atoms with E-state index in [1.165, 1.54) is 0 Å². The molecule has 0 spiro atoms. The van der Waals surface area contributed by atoms with Gasteiger partial charge in [0.05, 0.1) is 11.5 Å². The quantitative estimate of drug-likeness (QED) is 0.817.